The molecule has 1 aliphatic carbocycles. The van der Waals surface area contributed by atoms with Crippen molar-refractivity contribution in [2.45, 2.75) is 46.5 Å². The third kappa shape index (κ3) is 1.57. The minimum absolute atomic E-state index is 0.312. The number of ketones is 1. The van der Waals surface area contributed by atoms with Gasteiger partial charge < -0.3 is 5.32 Å². The van der Waals surface area contributed by atoms with Gasteiger partial charge in [0.25, 0.3) is 0 Å². The number of Topliss-reactive ketones (excluding diaryl/α,β-unsaturated/α-hetero) is 1. The van der Waals surface area contributed by atoms with Crippen molar-refractivity contribution in [3.8, 4) is 0 Å². The molecule has 3 rings (SSSR count). The van der Waals surface area contributed by atoms with E-state index in [0.29, 0.717) is 12.2 Å². The van der Waals surface area contributed by atoms with Gasteiger partial charge in [0.15, 0.2) is 5.78 Å². The Morgan fingerprint density at radius 2 is 1.89 bits per heavy atom. The molecule has 0 saturated carbocycles. The fraction of sp³-hybridized carbons (Fsp3) is 0.467. The highest BCUT2D eigenvalue weighted by Gasteiger charge is 2.27. The Hall–Kier alpha value is -1.64. The van der Waals surface area contributed by atoms with Crippen molar-refractivity contribution >= 4 is 11.6 Å². The molecule has 3 nitrogen and oxygen atoms in total. The van der Waals surface area contributed by atoms with Crippen molar-refractivity contribution in [3.05, 3.63) is 33.7 Å². The molecule has 2 heterocycles. The Labute approximate surface area is 107 Å². The molecule has 0 atom stereocenters. The molecule has 0 amide bonds. The topological polar surface area (TPSA) is 42.0 Å². The Balaban J connectivity index is 2.12. The van der Waals surface area contributed by atoms with Crippen LogP contribution in [0.5, 0.6) is 0 Å². The second kappa shape index (κ2) is 3.94. The molecule has 18 heavy (non-hydrogen) atoms. The first-order valence-corrected chi connectivity index (χ1v) is 6.57. The van der Waals surface area contributed by atoms with E-state index in [0.717, 1.165) is 42.0 Å². The fourth-order valence-corrected chi connectivity index (χ4v) is 2.87. The van der Waals surface area contributed by atoms with Gasteiger partial charge in [0.2, 0.25) is 0 Å². The van der Waals surface area contributed by atoms with E-state index in [4.69, 9.17) is 0 Å². The lowest BCUT2D eigenvalue weighted by atomic mass is 9.86. The number of carbonyl (C=O) groups is 1. The normalized spacial score (nSPS) is 18.3. The third-order valence-corrected chi connectivity index (χ3v) is 4.28. The van der Waals surface area contributed by atoms with E-state index in [-0.39, 0.29) is 0 Å². The number of pyridine rings is 1. The number of fused-ring (bicyclic) bond motifs is 1. The van der Waals surface area contributed by atoms with E-state index in [9.17, 15) is 4.79 Å². The van der Waals surface area contributed by atoms with Crippen molar-refractivity contribution in [2.75, 3.05) is 5.32 Å². The minimum Gasteiger partial charge on any atom is -0.343 e. The number of aromatic nitrogens is 1. The number of hydrogen-bond donors (Lipinski definition) is 1. The summed E-state index contributed by atoms with van der Waals surface area (Å²) in [6.45, 7) is 6.27. The zero-order chi connectivity index (χ0) is 12.9. The second-order valence-corrected chi connectivity index (χ2v) is 5.31. The highest BCUT2D eigenvalue weighted by Crippen LogP contribution is 2.35. The molecule has 1 N–H and O–H groups in total. The first-order valence-electron chi connectivity index (χ1n) is 6.57. The lowest BCUT2D eigenvalue weighted by Gasteiger charge is -2.28. The monoisotopic (exact) mass is 242 g/mol. The summed E-state index contributed by atoms with van der Waals surface area (Å²) in [5.41, 5.74) is 6.88. The van der Waals surface area contributed by atoms with Gasteiger partial charge in [-0.05, 0) is 44.7 Å². The summed E-state index contributed by atoms with van der Waals surface area (Å²) in [4.78, 5) is 16.6. The predicted octanol–water partition coefficient (Wildman–Crippen LogP) is 2.98. The smallest absolute Gasteiger partial charge is 0.160 e. The molecule has 0 radical (unpaired) electrons. The van der Waals surface area contributed by atoms with E-state index in [1.807, 2.05) is 6.92 Å². The van der Waals surface area contributed by atoms with Crippen molar-refractivity contribution in [2.24, 2.45) is 0 Å². The zero-order valence-corrected chi connectivity index (χ0v) is 11.2. The standard InChI is InChI=1S/C15H18N2O/c1-8-9(2)11-7-12-13(5-4-6-14(12)18)17-15(11)16-10(8)3/h4-7H2,1-3H3,(H,16,17). The maximum absolute atomic E-state index is 12.0. The molecule has 0 aromatic carbocycles. The number of rotatable bonds is 0. The molecule has 0 bridgehead atoms. The summed E-state index contributed by atoms with van der Waals surface area (Å²) in [6.07, 6.45) is 3.40. The van der Waals surface area contributed by atoms with Gasteiger partial charge in [0.05, 0.1) is 0 Å². The molecule has 0 spiro atoms. The molecule has 0 saturated heterocycles. The van der Waals surface area contributed by atoms with Gasteiger partial charge >= 0.3 is 0 Å². The second-order valence-electron chi connectivity index (χ2n) is 5.31. The van der Waals surface area contributed by atoms with Gasteiger partial charge in [0, 0.05) is 35.4 Å². The Morgan fingerprint density at radius 1 is 1.11 bits per heavy atom. The SMILES string of the molecule is Cc1nc2c(c(C)c1C)CC1=C(CCCC1=O)N2. The highest BCUT2D eigenvalue weighted by atomic mass is 16.1. The van der Waals surface area contributed by atoms with Crippen LogP contribution in [-0.4, -0.2) is 10.8 Å². The molecule has 0 fully saturated rings. The number of anilines is 1. The molecule has 94 valence electrons. The number of allylic oxidation sites excluding steroid dienone is 2. The third-order valence-electron chi connectivity index (χ3n) is 4.28. The Kier molecular flexibility index (Phi) is 2.51. The van der Waals surface area contributed by atoms with E-state index in [1.54, 1.807) is 0 Å². The van der Waals surface area contributed by atoms with Crippen LogP contribution in [0, 0.1) is 20.8 Å². The summed E-state index contributed by atoms with van der Waals surface area (Å²) in [6, 6.07) is 0. The van der Waals surface area contributed by atoms with Crippen molar-refractivity contribution < 1.29 is 4.79 Å². The number of carbonyl (C=O) groups excluding carboxylic acids is 1. The van der Waals surface area contributed by atoms with Crippen LogP contribution < -0.4 is 5.32 Å². The van der Waals surface area contributed by atoms with Crippen molar-refractivity contribution in [1.29, 1.82) is 0 Å². The average molecular weight is 242 g/mol. The van der Waals surface area contributed by atoms with Crippen molar-refractivity contribution in [1.82, 2.24) is 4.98 Å². The number of nitrogens with zero attached hydrogens (tertiary/aromatic N) is 1. The summed E-state index contributed by atoms with van der Waals surface area (Å²) in [7, 11) is 0. The Morgan fingerprint density at radius 3 is 2.67 bits per heavy atom. The van der Waals surface area contributed by atoms with E-state index in [2.05, 4.69) is 24.1 Å². The van der Waals surface area contributed by atoms with Gasteiger partial charge in [-0.3, -0.25) is 4.79 Å². The summed E-state index contributed by atoms with van der Waals surface area (Å²) >= 11 is 0. The molecule has 0 unspecified atom stereocenters. The van der Waals surface area contributed by atoms with Crippen LogP contribution in [0.25, 0.3) is 0 Å². The van der Waals surface area contributed by atoms with Gasteiger partial charge in [0.1, 0.15) is 5.82 Å². The molecule has 1 aromatic heterocycles. The van der Waals surface area contributed by atoms with E-state index < -0.39 is 0 Å². The number of aryl methyl sites for hydroxylation is 1. The average Bonchev–Trinajstić information content (AvgIpc) is 2.35. The summed E-state index contributed by atoms with van der Waals surface area (Å²) in [5.74, 6) is 1.27. The minimum atomic E-state index is 0.312. The summed E-state index contributed by atoms with van der Waals surface area (Å²) in [5, 5.41) is 3.39. The van der Waals surface area contributed by atoms with Gasteiger partial charge in [-0.15, -0.1) is 0 Å². The number of hydrogen-bond acceptors (Lipinski definition) is 3. The maximum Gasteiger partial charge on any atom is 0.160 e. The van der Waals surface area contributed by atoms with Gasteiger partial charge in [-0.1, -0.05) is 0 Å². The van der Waals surface area contributed by atoms with Crippen LogP contribution in [0.3, 0.4) is 0 Å². The van der Waals surface area contributed by atoms with Crippen LogP contribution in [0.1, 0.15) is 41.6 Å². The highest BCUT2D eigenvalue weighted by molar-refractivity contribution is 5.98. The molecule has 3 heteroatoms. The van der Waals surface area contributed by atoms with Crippen LogP contribution in [0.4, 0.5) is 5.82 Å². The lowest BCUT2D eigenvalue weighted by molar-refractivity contribution is -0.116. The van der Waals surface area contributed by atoms with E-state index >= 15 is 0 Å². The first-order chi connectivity index (χ1) is 8.58. The van der Waals surface area contributed by atoms with Crippen LogP contribution >= 0.6 is 0 Å². The van der Waals surface area contributed by atoms with Crippen LogP contribution in [0.2, 0.25) is 0 Å². The lowest BCUT2D eigenvalue weighted by Crippen LogP contribution is -2.24. The molecule has 1 aliphatic heterocycles. The van der Waals surface area contributed by atoms with Gasteiger partial charge in [-0.25, -0.2) is 4.98 Å². The quantitative estimate of drug-likeness (QED) is 0.760. The fourth-order valence-electron chi connectivity index (χ4n) is 2.87. The Bertz CT molecular complexity index is 585. The molecular weight excluding hydrogens is 224 g/mol. The number of nitrogens with one attached hydrogen (secondary N) is 1. The van der Waals surface area contributed by atoms with E-state index in [1.165, 1.54) is 16.7 Å². The largest absolute Gasteiger partial charge is 0.343 e. The predicted molar refractivity (Wildman–Crippen MR) is 71.7 cm³/mol. The van der Waals surface area contributed by atoms with Gasteiger partial charge in [-0.2, -0.15) is 0 Å². The van der Waals surface area contributed by atoms with Crippen molar-refractivity contribution in [3.63, 3.8) is 0 Å². The first kappa shape index (κ1) is 11.5. The molecular formula is C15H18N2O. The maximum atomic E-state index is 12.0. The van der Waals surface area contributed by atoms with Crippen LogP contribution in [-0.2, 0) is 11.2 Å². The van der Waals surface area contributed by atoms with Crippen LogP contribution in [0.15, 0.2) is 11.3 Å². The molecule has 2 aliphatic rings. The molecule has 1 aromatic rings. The zero-order valence-electron chi connectivity index (χ0n) is 11.2. The summed E-state index contributed by atoms with van der Waals surface area (Å²) < 4.78 is 0.